The Morgan fingerprint density at radius 1 is 0.724 bits per heavy atom. The van der Waals surface area contributed by atoms with Crippen molar-refractivity contribution in [1.82, 2.24) is 35.1 Å². The summed E-state index contributed by atoms with van der Waals surface area (Å²) >= 11 is 0. The molecular formula is C47H55N7O4. The van der Waals surface area contributed by atoms with E-state index in [1.54, 1.807) is 6.92 Å². The number of hydrogen-bond acceptors (Lipinski definition) is 6. The summed E-state index contributed by atoms with van der Waals surface area (Å²) in [5.74, 6) is 8.99. The minimum Gasteiger partial charge on any atom is -0.344 e. The van der Waals surface area contributed by atoms with Gasteiger partial charge in [-0.15, -0.1) is 0 Å². The fraction of sp³-hybridized carbons (Fsp3) is 0.489. The largest absolute Gasteiger partial charge is 0.344 e. The van der Waals surface area contributed by atoms with Crippen LogP contribution in [-0.2, 0) is 19.2 Å². The number of carbonyl (C=O) groups is 4. The van der Waals surface area contributed by atoms with Crippen LogP contribution in [0.4, 0.5) is 0 Å². The Labute approximate surface area is 341 Å². The van der Waals surface area contributed by atoms with Gasteiger partial charge in [0.25, 0.3) is 0 Å². The molecule has 2 saturated carbocycles. The second-order valence-electron chi connectivity index (χ2n) is 18.0. The summed E-state index contributed by atoms with van der Waals surface area (Å²) in [6, 6.07) is 12.1. The summed E-state index contributed by atoms with van der Waals surface area (Å²) in [4.78, 5) is 72.0. The van der Waals surface area contributed by atoms with Crippen molar-refractivity contribution < 1.29 is 19.2 Å². The number of amides is 3. The van der Waals surface area contributed by atoms with Gasteiger partial charge in [-0.1, -0.05) is 51.7 Å². The molecule has 0 bridgehead atoms. The van der Waals surface area contributed by atoms with Crippen LogP contribution in [0.1, 0.15) is 120 Å². The van der Waals surface area contributed by atoms with E-state index in [9.17, 15) is 19.2 Å². The molecule has 3 N–H and O–H groups in total. The SMILES string of the molecule is CC(=O)C[C@H](C(=O)N1[C@@H]2C[C@@H]2C[C@H]1c1ncc(-c2ccc(C#Cc3ccc(-c4cnc([C@@H]5C[C@H]6C[C@H]6N5C(=O)[C@@H](NC(C)=O)C(C)C)[nH]4)cc3C)c(C)c2)[nH]1)C(C)C. The molecule has 4 aliphatic rings. The number of aryl methyl sites for hydroxylation is 2. The van der Waals surface area contributed by atoms with E-state index in [0.29, 0.717) is 11.8 Å². The zero-order chi connectivity index (χ0) is 41.2. The van der Waals surface area contributed by atoms with Crippen molar-refractivity contribution in [3.05, 3.63) is 82.7 Å². The molecule has 2 aromatic heterocycles. The Morgan fingerprint density at radius 3 is 1.62 bits per heavy atom. The van der Waals surface area contributed by atoms with Gasteiger partial charge < -0.3 is 29.9 Å². The minimum atomic E-state index is -0.557. The maximum atomic E-state index is 13.8. The second-order valence-corrected chi connectivity index (χ2v) is 18.0. The van der Waals surface area contributed by atoms with Gasteiger partial charge in [-0.2, -0.15) is 0 Å². The number of imidazole rings is 2. The molecule has 0 radical (unpaired) electrons. The Bertz CT molecular complexity index is 2180. The van der Waals surface area contributed by atoms with Gasteiger partial charge in [-0.05, 0) is 117 Å². The molecule has 4 heterocycles. The van der Waals surface area contributed by atoms with E-state index in [4.69, 9.17) is 9.97 Å². The standard InChI is InChI=1S/C47H55N7O4/c1-24(2)36(17-28(7)55)46(57)53-39-18-34(39)20-41(53)44-48-22-37(51-44)32-13-11-30(26(5)15-32)9-10-31-12-14-33(16-27(31)6)38-23-49-45(52-38)42-21-35-19-40(35)54(42)47(58)43(25(3)4)50-29(8)56/h11-16,22-25,34-36,39-43H,17-21H2,1-8H3,(H,48,51)(H,49,52)(H,50,56)/t34-,35-,36+,39-,40-,41+,42+,43+/m1/s1. The van der Waals surface area contributed by atoms with E-state index in [2.05, 4.69) is 65.2 Å². The second kappa shape index (κ2) is 15.3. The molecule has 4 fully saturated rings. The number of aromatic nitrogens is 4. The number of Topliss-reactive ketones (excluding diaryl/α,β-unsaturated/α-hetero) is 1. The molecule has 302 valence electrons. The zero-order valence-corrected chi connectivity index (χ0v) is 34.8. The van der Waals surface area contributed by atoms with Crippen molar-refractivity contribution in [3.8, 4) is 34.4 Å². The first-order chi connectivity index (χ1) is 27.7. The average Bonchev–Trinajstić information content (AvgIpc) is 3.76. The predicted molar refractivity (Wildman–Crippen MR) is 222 cm³/mol. The van der Waals surface area contributed by atoms with Gasteiger partial charge in [-0.25, -0.2) is 9.97 Å². The number of rotatable bonds is 11. The number of fused-ring (bicyclic) bond motifs is 2. The molecule has 2 saturated heterocycles. The maximum absolute atomic E-state index is 13.8. The third kappa shape index (κ3) is 7.61. The summed E-state index contributed by atoms with van der Waals surface area (Å²) in [5.41, 5.74) is 7.77. The number of ketones is 1. The van der Waals surface area contributed by atoms with E-state index >= 15 is 0 Å². The molecule has 2 aliphatic carbocycles. The highest BCUT2D eigenvalue weighted by Crippen LogP contribution is 2.55. The molecule has 4 aromatic rings. The summed E-state index contributed by atoms with van der Waals surface area (Å²) < 4.78 is 0. The van der Waals surface area contributed by atoms with Crippen molar-refractivity contribution in [2.45, 2.75) is 118 Å². The summed E-state index contributed by atoms with van der Waals surface area (Å²) in [7, 11) is 0. The molecule has 8 atom stereocenters. The summed E-state index contributed by atoms with van der Waals surface area (Å²) in [5, 5.41) is 2.87. The Hall–Kier alpha value is -5.50. The third-order valence-corrected chi connectivity index (χ3v) is 12.9. The van der Waals surface area contributed by atoms with Gasteiger partial charge in [0.2, 0.25) is 17.7 Å². The van der Waals surface area contributed by atoms with Gasteiger partial charge in [0, 0.05) is 42.5 Å². The smallest absolute Gasteiger partial charge is 0.246 e. The van der Waals surface area contributed by atoms with Crippen molar-refractivity contribution in [2.75, 3.05) is 0 Å². The lowest BCUT2D eigenvalue weighted by Gasteiger charge is -2.32. The van der Waals surface area contributed by atoms with Gasteiger partial charge in [-0.3, -0.25) is 14.4 Å². The highest BCUT2D eigenvalue weighted by Gasteiger charge is 2.57. The van der Waals surface area contributed by atoms with Crippen LogP contribution in [0.3, 0.4) is 0 Å². The number of H-pyrrole nitrogens is 2. The topological polar surface area (TPSA) is 144 Å². The van der Waals surface area contributed by atoms with Crippen LogP contribution in [0.2, 0.25) is 0 Å². The van der Waals surface area contributed by atoms with Crippen molar-refractivity contribution >= 4 is 23.5 Å². The lowest BCUT2D eigenvalue weighted by molar-refractivity contribution is -0.141. The van der Waals surface area contributed by atoms with Crippen LogP contribution < -0.4 is 5.32 Å². The van der Waals surface area contributed by atoms with Gasteiger partial charge in [0.15, 0.2) is 0 Å². The van der Waals surface area contributed by atoms with E-state index < -0.39 is 6.04 Å². The first-order valence-electron chi connectivity index (χ1n) is 20.9. The molecule has 8 rings (SSSR count). The molecule has 2 aliphatic heterocycles. The number of hydrogen-bond donors (Lipinski definition) is 3. The van der Waals surface area contributed by atoms with E-state index in [0.717, 1.165) is 82.1 Å². The Morgan fingerprint density at radius 2 is 1.21 bits per heavy atom. The average molecular weight is 782 g/mol. The van der Waals surface area contributed by atoms with Crippen LogP contribution in [0.25, 0.3) is 22.5 Å². The fourth-order valence-corrected chi connectivity index (χ4v) is 9.42. The van der Waals surface area contributed by atoms with Crippen molar-refractivity contribution in [1.29, 1.82) is 0 Å². The fourth-order valence-electron chi connectivity index (χ4n) is 9.42. The first-order valence-corrected chi connectivity index (χ1v) is 20.9. The monoisotopic (exact) mass is 781 g/mol. The minimum absolute atomic E-state index is 0.0196. The highest BCUT2D eigenvalue weighted by atomic mass is 16.2. The van der Waals surface area contributed by atoms with Crippen LogP contribution in [-0.4, -0.2) is 71.4 Å². The number of aromatic amines is 2. The zero-order valence-electron chi connectivity index (χ0n) is 34.8. The molecule has 2 aromatic carbocycles. The molecule has 58 heavy (non-hydrogen) atoms. The quantitative estimate of drug-likeness (QED) is 0.137. The lowest BCUT2D eigenvalue weighted by Crippen LogP contribution is -2.51. The van der Waals surface area contributed by atoms with Gasteiger partial charge in [0.1, 0.15) is 23.5 Å². The first kappa shape index (κ1) is 39.3. The van der Waals surface area contributed by atoms with E-state index in [-0.39, 0.29) is 71.8 Å². The Balaban J connectivity index is 0.944. The lowest BCUT2D eigenvalue weighted by atomic mass is 9.89. The molecule has 11 nitrogen and oxygen atoms in total. The van der Waals surface area contributed by atoms with Crippen molar-refractivity contribution in [2.24, 2.45) is 29.6 Å². The highest BCUT2D eigenvalue weighted by molar-refractivity contribution is 5.88. The van der Waals surface area contributed by atoms with Crippen LogP contribution >= 0.6 is 0 Å². The van der Waals surface area contributed by atoms with E-state index in [1.807, 2.05) is 62.0 Å². The number of carbonyl (C=O) groups excluding carboxylic acids is 4. The third-order valence-electron chi connectivity index (χ3n) is 12.9. The Kier molecular flexibility index (Phi) is 10.4. The summed E-state index contributed by atoms with van der Waals surface area (Å²) in [6.07, 6.45) is 7.78. The number of nitrogens with zero attached hydrogens (tertiary/aromatic N) is 4. The van der Waals surface area contributed by atoms with Crippen LogP contribution in [0.5, 0.6) is 0 Å². The maximum Gasteiger partial charge on any atom is 0.246 e. The van der Waals surface area contributed by atoms with Crippen LogP contribution in [0, 0.1) is 55.3 Å². The molecule has 0 unspecified atom stereocenters. The van der Waals surface area contributed by atoms with Crippen LogP contribution in [0.15, 0.2) is 48.8 Å². The molecule has 11 heteroatoms. The number of likely N-dealkylation sites (tertiary alicyclic amines) is 2. The molecule has 3 amide bonds. The number of benzene rings is 2. The summed E-state index contributed by atoms with van der Waals surface area (Å²) in [6.45, 7) is 15.1. The number of piperidine rings is 2. The molecular weight excluding hydrogens is 727 g/mol. The van der Waals surface area contributed by atoms with Gasteiger partial charge in [0.05, 0.1) is 35.9 Å². The number of nitrogens with one attached hydrogen (secondary N) is 3. The normalized spacial score (nSPS) is 23.9. The van der Waals surface area contributed by atoms with E-state index in [1.165, 1.54) is 6.92 Å². The van der Waals surface area contributed by atoms with Crippen molar-refractivity contribution in [3.63, 3.8) is 0 Å². The predicted octanol–water partition coefficient (Wildman–Crippen LogP) is 7.22. The van der Waals surface area contributed by atoms with Gasteiger partial charge >= 0.3 is 0 Å². The molecule has 0 spiro atoms.